The minimum atomic E-state index is -4.59. The topological polar surface area (TPSA) is 101 Å². The number of benzene rings is 2. The van der Waals surface area contributed by atoms with Gasteiger partial charge in [-0.1, -0.05) is 107 Å². The van der Waals surface area contributed by atoms with Crippen molar-refractivity contribution in [3.63, 3.8) is 0 Å². The van der Waals surface area contributed by atoms with Gasteiger partial charge in [0.15, 0.2) is 5.78 Å². The van der Waals surface area contributed by atoms with Crippen LogP contribution in [0.25, 0.3) is 0 Å². The number of nitrogens with two attached hydrogens (primary N) is 1. The third-order valence-corrected chi connectivity index (χ3v) is 8.06. The highest BCUT2D eigenvalue weighted by Gasteiger charge is 2.35. The summed E-state index contributed by atoms with van der Waals surface area (Å²) in [7, 11) is -4.59. The molecule has 0 aliphatic heterocycles. The second-order valence-corrected chi connectivity index (χ2v) is 11.1. The fraction of sp³-hybridized carbons (Fsp3) is 0.500. The van der Waals surface area contributed by atoms with E-state index >= 15 is 0 Å². The van der Waals surface area contributed by atoms with E-state index in [1.54, 1.807) is 54.6 Å². The summed E-state index contributed by atoms with van der Waals surface area (Å²) in [5.74, 6) is -0.368. The van der Waals surface area contributed by atoms with Crippen LogP contribution in [-0.4, -0.2) is 35.0 Å². The van der Waals surface area contributed by atoms with Crippen molar-refractivity contribution >= 4 is 33.5 Å². The first-order valence-corrected chi connectivity index (χ1v) is 14.5. The van der Waals surface area contributed by atoms with Gasteiger partial charge in [0.2, 0.25) is 0 Å². The van der Waals surface area contributed by atoms with Crippen LogP contribution in [0.1, 0.15) is 81.5 Å². The number of Topliss-reactive ketones (excluding diaryl/α,β-unsaturated/α-hetero) is 1. The molecule has 1 atom stereocenters. The molecule has 0 aliphatic carbocycles. The van der Waals surface area contributed by atoms with Gasteiger partial charge in [0.25, 0.3) is 0 Å². The van der Waals surface area contributed by atoms with E-state index in [9.17, 15) is 17.8 Å². The Hall–Kier alpha value is -1.87. The molecular weight excluding hydrogens is 468 g/mol. The van der Waals surface area contributed by atoms with Crippen LogP contribution >= 0.6 is 11.8 Å². The molecule has 0 radical (unpaired) electrons. The van der Waals surface area contributed by atoms with Gasteiger partial charge in [0.1, 0.15) is 5.37 Å². The molecule has 0 spiro atoms. The number of nitrogen functional groups attached to an aromatic ring is 1. The molecule has 34 heavy (non-hydrogen) atoms. The third kappa shape index (κ3) is 10.2. The fourth-order valence-electron chi connectivity index (χ4n) is 3.77. The van der Waals surface area contributed by atoms with Crippen molar-refractivity contribution in [2.45, 2.75) is 81.4 Å². The first kappa shape index (κ1) is 28.4. The van der Waals surface area contributed by atoms with Gasteiger partial charge in [0.05, 0.1) is 0 Å². The molecule has 0 aliphatic rings. The van der Waals surface area contributed by atoms with Crippen molar-refractivity contribution in [1.29, 1.82) is 0 Å². The molecule has 0 heterocycles. The van der Waals surface area contributed by atoms with E-state index in [0.29, 0.717) is 22.6 Å². The highest BCUT2D eigenvalue weighted by Crippen LogP contribution is 2.31. The monoisotopic (exact) mass is 506 g/mol. The van der Waals surface area contributed by atoms with E-state index in [1.807, 2.05) is 0 Å². The average Bonchev–Trinajstić information content (AvgIpc) is 2.82. The summed E-state index contributed by atoms with van der Waals surface area (Å²) in [5.41, 5.74) is 6.73. The lowest BCUT2D eigenvalue weighted by Gasteiger charge is -2.27. The van der Waals surface area contributed by atoms with Gasteiger partial charge < -0.3 is 5.73 Å². The molecule has 0 amide bonds. The normalized spacial score (nSPS) is 12.7. The Morgan fingerprint density at radius 2 is 1.41 bits per heavy atom. The maximum absolute atomic E-state index is 13.3. The summed E-state index contributed by atoms with van der Waals surface area (Å²) in [6, 6.07) is 15.5. The SMILES string of the molecule is CCCCCCCCCCCCN(C(Sc1ccc(N)cc1)C(=O)c1ccccc1)S(=O)(=O)O. The number of carbonyl (C=O) groups is 1. The van der Waals surface area contributed by atoms with Crippen molar-refractivity contribution in [2.75, 3.05) is 12.3 Å². The van der Waals surface area contributed by atoms with E-state index < -0.39 is 15.7 Å². The number of unbranched alkanes of at least 4 members (excludes halogenated alkanes) is 9. The maximum atomic E-state index is 13.3. The molecular formula is C26H38N2O4S2. The second-order valence-electron chi connectivity index (χ2n) is 8.54. The van der Waals surface area contributed by atoms with E-state index in [2.05, 4.69) is 6.92 Å². The highest BCUT2D eigenvalue weighted by atomic mass is 32.2. The molecule has 2 aromatic rings. The first-order chi connectivity index (χ1) is 16.3. The van der Waals surface area contributed by atoms with Gasteiger partial charge in [-0.3, -0.25) is 9.35 Å². The van der Waals surface area contributed by atoms with Crippen LogP contribution in [0.3, 0.4) is 0 Å². The third-order valence-electron chi connectivity index (χ3n) is 5.70. The molecule has 0 aromatic heterocycles. The van der Waals surface area contributed by atoms with E-state index in [-0.39, 0.29) is 12.3 Å². The number of rotatable bonds is 17. The van der Waals surface area contributed by atoms with Gasteiger partial charge in [-0.25, -0.2) is 0 Å². The number of anilines is 1. The Morgan fingerprint density at radius 3 is 1.94 bits per heavy atom. The predicted octanol–water partition coefficient (Wildman–Crippen LogP) is 6.60. The number of hydrogen-bond donors (Lipinski definition) is 2. The minimum absolute atomic E-state index is 0.0839. The molecule has 188 valence electrons. The van der Waals surface area contributed by atoms with Crippen molar-refractivity contribution in [2.24, 2.45) is 0 Å². The Balaban J connectivity index is 2.03. The second kappa shape index (κ2) is 15.2. The zero-order valence-corrected chi connectivity index (χ0v) is 21.7. The average molecular weight is 507 g/mol. The minimum Gasteiger partial charge on any atom is -0.399 e. The molecule has 0 bridgehead atoms. The van der Waals surface area contributed by atoms with Gasteiger partial charge in [-0.15, -0.1) is 0 Å². The molecule has 6 nitrogen and oxygen atoms in total. The van der Waals surface area contributed by atoms with Crippen molar-refractivity contribution in [3.05, 3.63) is 60.2 Å². The number of nitrogens with zero attached hydrogens (tertiary/aromatic N) is 1. The van der Waals surface area contributed by atoms with Crippen LogP contribution in [0.5, 0.6) is 0 Å². The summed E-state index contributed by atoms with van der Waals surface area (Å²) >= 11 is 1.10. The quantitative estimate of drug-likeness (QED) is 0.0626. The summed E-state index contributed by atoms with van der Waals surface area (Å²) in [6.45, 7) is 2.29. The molecule has 0 fully saturated rings. The molecule has 0 saturated heterocycles. The predicted molar refractivity (Wildman–Crippen MR) is 141 cm³/mol. The van der Waals surface area contributed by atoms with Gasteiger partial charge in [-0.2, -0.15) is 12.7 Å². The number of ketones is 1. The molecule has 3 N–H and O–H groups in total. The smallest absolute Gasteiger partial charge is 0.337 e. The van der Waals surface area contributed by atoms with Crippen LogP contribution in [0.4, 0.5) is 5.69 Å². The molecule has 1 unspecified atom stereocenters. The summed E-state index contributed by atoms with van der Waals surface area (Å²) in [6.07, 6.45) is 11.1. The van der Waals surface area contributed by atoms with Crippen LogP contribution in [0.2, 0.25) is 0 Å². The maximum Gasteiger partial charge on any atom is 0.337 e. The van der Waals surface area contributed by atoms with E-state index in [1.165, 1.54) is 38.5 Å². The Morgan fingerprint density at radius 1 is 0.882 bits per heavy atom. The van der Waals surface area contributed by atoms with Crippen molar-refractivity contribution in [3.8, 4) is 0 Å². The van der Waals surface area contributed by atoms with E-state index in [4.69, 9.17) is 5.73 Å². The lowest BCUT2D eigenvalue weighted by molar-refractivity contribution is 0.0943. The first-order valence-electron chi connectivity index (χ1n) is 12.2. The summed E-state index contributed by atoms with van der Waals surface area (Å²) in [5, 5.41) is -1.11. The molecule has 8 heteroatoms. The van der Waals surface area contributed by atoms with Crippen LogP contribution in [0, 0.1) is 0 Å². The Bertz CT molecular complexity index is 951. The summed E-state index contributed by atoms with van der Waals surface area (Å²) < 4.78 is 35.6. The zero-order valence-electron chi connectivity index (χ0n) is 20.1. The summed E-state index contributed by atoms with van der Waals surface area (Å²) in [4.78, 5) is 14.0. The van der Waals surface area contributed by atoms with E-state index in [0.717, 1.165) is 35.3 Å². The molecule has 2 rings (SSSR count). The zero-order chi connectivity index (χ0) is 24.8. The lowest BCUT2D eigenvalue weighted by atomic mass is 10.1. The fourth-order valence-corrected chi connectivity index (χ4v) is 5.94. The van der Waals surface area contributed by atoms with Crippen molar-refractivity contribution < 1.29 is 17.8 Å². The Labute approximate surface area is 209 Å². The highest BCUT2D eigenvalue weighted by molar-refractivity contribution is 8.01. The van der Waals surface area contributed by atoms with Crippen LogP contribution in [0.15, 0.2) is 59.5 Å². The van der Waals surface area contributed by atoms with Crippen LogP contribution in [-0.2, 0) is 10.3 Å². The standard InChI is InChI=1S/C26H38N2O4S2/c1-2-3-4-5-6-7-8-9-10-14-21-28(34(30,31)32)26(25(29)22-15-12-11-13-16-22)33-24-19-17-23(27)18-20-24/h11-13,15-20,26H,2-10,14,21,27H2,1H3,(H,30,31,32). The van der Waals surface area contributed by atoms with Crippen molar-refractivity contribution in [1.82, 2.24) is 4.31 Å². The number of thioether (sulfide) groups is 1. The number of hydrogen-bond acceptors (Lipinski definition) is 5. The lowest BCUT2D eigenvalue weighted by Crippen LogP contribution is -2.43. The number of carbonyl (C=O) groups excluding carboxylic acids is 1. The molecule has 0 saturated carbocycles. The molecule has 2 aromatic carbocycles. The van der Waals surface area contributed by atoms with Crippen LogP contribution < -0.4 is 5.73 Å². The van der Waals surface area contributed by atoms with Gasteiger partial charge in [-0.05, 0) is 30.7 Å². The van der Waals surface area contributed by atoms with Gasteiger partial charge in [0, 0.05) is 22.7 Å². The largest absolute Gasteiger partial charge is 0.399 e. The Kier molecular flexibility index (Phi) is 12.7. The van der Waals surface area contributed by atoms with Gasteiger partial charge >= 0.3 is 10.3 Å².